The molecule has 0 saturated heterocycles. The van der Waals surface area contributed by atoms with Crippen molar-refractivity contribution in [3.8, 4) is 5.75 Å². The van der Waals surface area contributed by atoms with Crippen molar-refractivity contribution in [2.45, 2.75) is 19.4 Å². The molecule has 106 valence electrons. The minimum absolute atomic E-state index is 0.116. The minimum Gasteiger partial charge on any atom is -0.492 e. The van der Waals surface area contributed by atoms with Crippen LogP contribution in [0.3, 0.4) is 0 Å². The largest absolute Gasteiger partial charge is 0.492 e. The summed E-state index contributed by atoms with van der Waals surface area (Å²) < 4.78 is 5.63. The normalized spacial score (nSPS) is 12.2. The molecule has 0 heterocycles. The van der Waals surface area contributed by atoms with Gasteiger partial charge in [0.25, 0.3) is 0 Å². The summed E-state index contributed by atoms with van der Waals surface area (Å²) in [5, 5.41) is 1.40. The van der Waals surface area contributed by atoms with Gasteiger partial charge in [0.05, 0.1) is 0 Å². The zero-order chi connectivity index (χ0) is 14.5. The van der Waals surface area contributed by atoms with Crippen LogP contribution in [0.2, 0.25) is 10.0 Å². The topological polar surface area (TPSA) is 35.2 Å². The van der Waals surface area contributed by atoms with Crippen molar-refractivity contribution in [2.24, 2.45) is 5.73 Å². The van der Waals surface area contributed by atoms with Crippen LogP contribution >= 0.6 is 23.2 Å². The first kappa shape index (κ1) is 15.2. The molecular weight excluding hydrogens is 293 g/mol. The van der Waals surface area contributed by atoms with Crippen LogP contribution in [0.25, 0.3) is 0 Å². The highest BCUT2D eigenvalue weighted by Gasteiger charge is 2.08. The summed E-state index contributed by atoms with van der Waals surface area (Å²) in [5.74, 6) is 0.725. The molecule has 0 amide bonds. The average molecular weight is 310 g/mol. The van der Waals surface area contributed by atoms with Gasteiger partial charge in [0.2, 0.25) is 0 Å². The molecule has 1 atom stereocenters. The number of aryl methyl sites for hydroxylation is 1. The number of benzene rings is 2. The van der Waals surface area contributed by atoms with Gasteiger partial charge < -0.3 is 10.5 Å². The number of rotatable bonds is 5. The Balaban J connectivity index is 1.90. The number of hydrogen-bond donors (Lipinski definition) is 1. The van der Waals surface area contributed by atoms with E-state index in [9.17, 15) is 0 Å². The lowest BCUT2D eigenvalue weighted by Gasteiger charge is -2.14. The second-order valence-corrected chi connectivity index (χ2v) is 5.67. The lowest BCUT2D eigenvalue weighted by molar-refractivity contribution is 0.287. The van der Waals surface area contributed by atoms with E-state index in [1.165, 1.54) is 0 Å². The summed E-state index contributed by atoms with van der Waals surface area (Å²) >= 11 is 12.1. The molecule has 0 aliphatic heterocycles. The van der Waals surface area contributed by atoms with Crippen LogP contribution in [0.1, 0.15) is 11.1 Å². The van der Waals surface area contributed by atoms with Crippen LogP contribution in [0, 0.1) is 6.92 Å². The molecule has 0 bridgehead atoms. The molecule has 20 heavy (non-hydrogen) atoms. The number of nitrogens with two attached hydrogens (primary N) is 1. The summed E-state index contributed by atoms with van der Waals surface area (Å²) in [6, 6.07) is 13.2. The van der Waals surface area contributed by atoms with E-state index in [2.05, 4.69) is 0 Å². The van der Waals surface area contributed by atoms with Gasteiger partial charge in [-0.2, -0.15) is 0 Å². The Morgan fingerprint density at radius 2 is 1.95 bits per heavy atom. The summed E-state index contributed by atoms with van der Waals surface area (Å²) in [6.45, 7) is 2.43. The van der Waals surface area contributed by atoms with E-state index in [4.69, 9.17) is 33.7 Å². The predicted molar refractivity (Wildman–Crippen MR) is 84.8 cm³/mol. The molecule has 2 N–H and O–H groups in total. The fourth-order valence-corrected chi connectivity index (χ4v) is 2.41. The SMILES string of the molecule is Cc1ccc(CC(N)COc2cccc(Cl)c2)c(Cl)c1. The average Bonchev–Trinajstić information content (AvgIpc) is 2.40. The molecule has 1 unspecified atom stereocenters. The van der Waals surface area contributed by atoms with Crippen molar-refractivity contribution in [1.29, 1.82) is 0 Å². The van der Waals surface area contributed by atoms with E-state index >= 15 is 0 Å². The fourth-order valence-electron chi connectivity index (χ4n) is 1.92. The van der Waals surface area contributed by atoms with Gasteiger partial charge in [-0.15, -0.1) is 0 Å². The monoisotopic (exact) mass is 309 g/mol. The summed E-state index contributed by atoms with van der Waals surface area (Å²) in [7, 11) is 0. The Morgan fingerprint density at radius 3 is 2.65 bits per heavy atom. The molecule has 0 saturated carbocycles. The van der Waals surface area contributed by atoms with Crippen molar-refractivity contribution in [3.63, 3.8) is 0 Å². The predicted octanol–water partition coefficient (Wildman–Crippen LogP) is 4.25. The van der Waals surface area contributed by atoms with Crippen LogP contribution in [-0.2, 0) is 6.42 Å². The standard InChI is InChI=1S/C16H17Cl2NO/c1-11-5-6-12(16(18)7-11)8-14(19)10-20-15-4-2-3-13(17)9-15/h2-7,9,14H,8,10,19H2,1H3. The van der Waals surface area contributed by atoms with E-state index in [0.717, 1.165) is 21.9 Å². The quantitative estimate of drug-likeness (QED) is 0.896. The van der Waals surface area contributed by atoms with Gasteiger partial charge in [-0.25, -0.2) is 0 Å². The van der Waals surface area contributed by atoms with Crippen LogP contribution in [0.5, 0.6) is 5.75 Å². The maximum atomic E-state index is 6.20. The first-order valence-corrected chi connectivity index (χ1v) is 7.19. The molecule has 2 aromatic rings. The summed E-state index contributed by atoms with van der Waals surface area (Å²) in [4.78, 5) is 0. The molecule has 0 aliphatic carbocycles. The Labute approximate surface area is 129 Å². The van der Waals surface area contributed by atoms with Crippen molar-refractivity contribution >= 4 is 23.2 Å². The molecule has 2 nitrogen and oxygen atoms in total. The van der Waals surface area contributed by atoms with E-state index < -0.39 is 0 Å². The highest BCUT2D eigenvalue weighted by atomic mass is 35.5. The van der Waals surface area contributed by atoms with E-state index in [0.29, 0.717) is 18.1 Å². The van der Waals surface area contributed by atoms with Crippen LogP contribution in [0.15, 0.2) is 42.5 Å². The summed E-state index contributed by atoms with van der Waals surface area (Å²) in [6.07, 6.45) is 0.680. The molecule has 4 heteroatoms. The minimum atomic E-state index is -0.116. The van der Waals surface area contributed by atoms with Crippen molar-refractivity contribution in [3.05, 3.63) is 63.6 Å². The van der Waals surface area contributed by atoms with Crippen LogP contribution in [0.4, 0.5) is 0 Å². The lowest BCUT2D eigenvalue weighted by Crippen LogP contribution is -2.30. The third-order valence-corrected chi connectivity index (χ3v) is 3.54. The second-order valence-electron chi connectivity index (χ2n) is 4.83. The Hall–Kier alpha value is -1.22. The van der Waals surface area contributed by atoms with Gasteiger partial charge >= 0.3 is 0 Å². The third-order valence-electron chi connectivity index (χ3n) is 2.95. The zero-order valence-corrected chi connectivity index (χ0v) is 12.8. The number of halogens is 2. The number of hydrogen-bond acceptors (Lipinski definition) is 2. The molecule has 0 fully saturated rings. The lowest BCUT2D eigenvalue weighted by atomic mass is 10.1. The van der Waals surface area contributed by atoms with Crippen molar-refractivity contribution < 1.29 is 4.74 Å². The Bertz CT molecular complexity index is 586. The first-order valence-electron chi connectivity index (χ1n) is 6.43. The van der Waals surface area contributed by atoms with E-state index in [1.54, 1.807) is 12.1 Å². The van der Waals surface area contributed by atoms with E-state index in [1.807, 2.05) is 37.3 Å². The molecule has 0 aromatic heterocycles. The maximum Gasteiger partial charge on any atom is 0.120 e. The van der Waals surface area contributed by atoms with Gasteiger partial charge in [0, 0.05) is 16.1 Å². The van der Waals surface area contributed by atoms with Crippen LogP contribution < -0.4 is 10.5 Å². The van der Waals surface area contributed by atoms with Gasteiger partial charge in [-0.05, 0) is 48.7 Å². The van der Waals surface area contributed by atoms with Gasteiger partial charge in [0.15, 0.2) is 0 Å². The van der Waals surface area contributed by atoms with Crippen molar-refractivity contribution in [1.82, 2.24) is 0 Å². The molecular formula is C16H17Cl2NO. The Kier molecular flexibility index (Phi) is 5.30. The van der Waals surface area contributed by atoms with Crippen LogP contribution in [-0.4, -0.2) is 12.6 Å². The Morgan fingerprint density at radius 1 is 1.15 bits per heavy atom. The highest BCUT2D eigenvalue weighted by molar-refractivity contribution is 6.31. The summed E-state index contributed by atoms with van der Waals surface area (Å²) in [5.41, 5.74) is 8.26. The van der Waals surface area contributed by atoms with Crippen molar-refractivity contribution in [2.75, 3.05) is 6.61 Å². The van der Waals surface area contributed by atoms with Gasteiger partial charge in [-0.3, -0.25) is 0 Å². The van der Waals surface area contributed by atoms with E-state index in [-0.39, 0.29) is 6.04 Å². The second kappa shape index (κ2) is 6.98. The molecule has 2 rings (SSSR count). The fraction of sp³-hybridized carbons (Fsp3) is 0.250. The van der Waals surface area contributed by atoms with Gasteiger partial charge in [0.1, 0.15) is 12.4 Å². The smallest absolute Gasteiger partial charge is 0.120 e. The highest BCUT2D eigenvalue weighted by Crippen LogP contribution is 2.20. The zero-order valence-electron chi connectivity index (χ0n) is 11.3. The molecule has 0 radical (unpaired) electrons. The third kappa shape index (κ3) is 4.41. The number of ether oxygens (including phenoxy) is 1. The molecule has 0 spiro atoms. The first-order chi connectivity index (χ1) is 9.54. The van der Waals surface area contributed by atoms with Gasteiger partial charge in [-0.1, -0.05) is 41.4 Å². The maximum absolute atomic E-state index is 6.20. The molecule has 0 aliphatic rings. The molecule has 2 aromatic carbocycles.